The summed E-state index contributed by atoms with van der Waals surface area (Å²) in [5, 5.41) is 12.1. The smallest absolute Gasteiger partial charge is 0.305 e. The molecule has 2 aromatic carbocycles. The Morgan fingerprint density at radius 2 is 1.92 bits per heavy atom. The van der Waals surface area contributed by atoms with Gasteiger partial charge in [-0.3, -0.25) is 9.59 Å². The molecule has 0 aromatic heterocycles. The third-order valence-electron chi connectivity index (χ3n) is 4.74. The molecule has 1 aliphatic heterocycles. The highest BCUT2D eigenvalue weighted by Crippen LogP contribution is 2.30. The number of amides is 1. The Morgan fingerprint density at radius 1 is 1.19 bits per heavy atom. The van der Waals surface area contributed by atoms with Crippen LogP contribution in [0.1, 0.15) is 47.2 Å². The van der Waals surface area contributed by atoms with Crippen molar-refractivity contribution in [1.29, 1.82) is 0 Å². The maximum atomic E-state index is 12.6. The molecule has 2 aromatic rings. The number of fused-ring (bicyclic) bond motifs is 1. The van der Waals surface area contributed by atoms with Crippen LogP contribution in [0.15, 0.2) is 48.5 Å². The number of carboxylic acid groups (broad SMARTS) is 1. The molecule has 0 saturated heterocycles. The van der Waals surface area contributed by atoms with Crippen LogP contribution < -0.4 is 5.32 Å². The molecule has 5 heteroatoms. The normalized spacial score (nSPS) is 17.2. The van der Waals surface area contributed by atoms with Crippen LogP contribution >= 0.6 is 0 Å². The Labute approximate surface area is 153 Å². The van der Waals surface area contributed by atoms with E-state index in [0.717, 1.165) is 23.1 Å². The second-order valence-electron chi connectivity index (χ2n) is 6.59. The fourth-order valence-electron chi connectivity index (χ4n) is 3.46. The van der Waals surface area contributed by atoms with Crippen molar-refractivity contribution in [2.45, 2.75) is 38.3 Å². The zero-order chi connectivity index (χ0) is 18.5. The summed E-state index contributed by atoms with van der Waals surface area (Å²) in [6.07, 6.45) is 0.582. The molecule has 2 N–H and O–H groups in total. The average Bonchev–Trinajstić information content (AvgIpc) is 2.61. The van der Waals surface area contributed by atoms with E-state index in [1.165, 1.54) is 5.56 Å². The maximum absolute atomic E-state index is 12.6. The first-order chi connectivity index (χ1) is 12.5. The lowest BCUT2D eigenvalue weighted by Gasteiger charge is -2.27. The van der Waals surface area contributed by atoms with E-state index in [9.17, 15) is 14.7 Å². The molecule has 1 heterocycles. The first-order valence-electron chi connectivity index (χ1n) is 8.80. The van der Waals surface area contributed by atoms with Gasteiger partial charge in [-0.25, -0.2) is 0 Å². The predicted molar refractivity (Wildman–Crippen MR) is 97.8 cm³/mol. The van der Waals surface area contributed by atoms with Gasteiger partial charge in [0.05, 0.1) is 31.6 Å². The summed E-state index contributed by atoms with van der Waals surface area (Å²) in [4.78, 5) is 23.9. The Hall–Kier alpha value is -2.66. The van der Waals surface area contributed by atoms with Gasteiger partial charge in [0, 0.05) is 0 Å². The molecule has 2 atom stereocenters. The lowest BCUT2D eigenvalue weighted by molar-refractivity contribution is -0.137. The number of aliphatic carboxylic acids is 1. The Bertz CT molecular complexity index is 802. The third kappa shape index (κ3) is 4.29. The van der Waals surface area contributed by atoms with Crippen molar-refractivity contribution >= 4 is 11.9 Å². The molecule has 26 heavy (non-hydrogen) atoms. The van der Waals surface area contributed by atoms with Crippen LogP contribution in [0.5, 0.6) is 0 Å². The summed E-state index contributed by atoms with van der Waals surface area (Å²) in [6, 6.07) is 14.9. The summed E-state index contributed by atoms with van der Waals surface area (Å²) >= 11 is 0. The summed E-state index contributed by atoms with van der Waals surface area (Å²) in [5.41, 5.74) is 4.03. The zero-order valence-corrected chi connectivity index (χ0v) is 14.8. The van der Waals surface area contributed by atoms with E-state index in [-0.39, 0.29) is 24.9 Å². The highest BCUT2D eigenvalue weighted by molar-refractivity contribution is 5.78. The van der Waals surface area contributed by atoms with Gasteiger partial charge in [-0.2, -0.15) is 0 Å². The van der Waals surface area contributed by atoms with E-state index in [4.69, 9.17) is 4.74 Å². The van der Waals surface area contributed by atoms with Gasteiger partial charge in [0.25, 0.3) is 0 Å². The molecule has 0 unspecified atom stereocenters. The number of benzene rings is 2. The highest BCUT2D eigenvalue weighted by atomic mass is 16.5. The minimum Gasteiger partial charge on any atom is -0.481 e. The summed E-state index contributed by atoms with van der Waals surface area (Å²) in [6.45, 7) is 2.50. The second-order valence-corrected chi connectivity index (χ2v) is 6.59. The van der Waals surface area contributed by atoms with Crippen molar-refractivity contribution in [3.05, 3.63) is 70.8 Å². The van der Waals surface area contributed by atoms with Crippen LogP contribution in [0.25, 0.3) is 0 Å². The Balaban J connectivity index is 1.73. The van der Waals surface area contributed by atoms with E-state index in [1.807, 2.05) is 49.4 Å². The van der Waals surface area contributed by atoms with E-state index in [0.29, 0.717) is 6.61 Å². The molecule has 0 saturated carbocycles. The topological polar surface area (TPSA) is 75.6 Å². The standard InChI is InChI=1S/C21H23NO4/c1-14-6-2-4-8-16(14)18(12-21(24)25)22-20(23)13-19-17-9-5-3-7-15(17)10-11-26-19/h2-9,18-19H,10-13H2,1H3,(H,22,23)(H,24,25)/t18-,19-/m1/s1. The van der Waals surface area contributed by atoms with Gasteiger partial charge < -0.3 is 15.2 Å². The number of aryl methyl sites for hydroxylation is 1. The number of nitrogens with one attached hydrogen (secondary N) is 1. The number of carboxylic acids is 1. The van der Waals surface area contributed by atoms with E-state index in [2.05, 4.69) is 11.4 Å². The van der Waals surface area contributed by atoms with E-state index in [1.54, 1.807) is 0 Å². The molecule has 0 aliphatic carbocycles. The monoisotopic (exact) mass is 353 g/mol. The quantitative estimate of drug-likeness (QED) is 0.835. The number of hydrogen-bond donors (Lipinski definition) is 2. The SMILES string of the molecule is Cc1ccccc1[C@@H](CC(=O)O)NC(=O)C[C@H]1OCCc2ccccc21. The molecular formula is C21H23NO4. The van der Waals surface area contributed by atoms with Gasteiger partial charge in [-0.05, 0) is 35.6 Å². The third-order valence-corrected chi connectivity index (χ3v) is 4.74. The first kappa shape index (κ1) is 18.1. The highest BCUT2D eigenvalue weighted by Gasteiger charge is 2.25. The molecule has 1 aliphatic rings. The maximum Gasteiger partial charge on any atom is 0.305 e. The summed E-state index contributed by atoms with van der Waals surface area (Å²) in [7, 11) is 0. The fourth-order valence-corrected chi connectivity index (χ4v) is 3.46. The molecular weight excluding hydrogens is 330 g/mol. The predicted octanol–water partition coefficient (Wildman–Crippen LogP) is 3.33. The van der Waals surface area contributed by atoms with Crippen molar-refractivity contribution in [3.63, 3.8) is 0 Å². The van der Waals surface area contributed by atoms with Gasteiger partial charge >= 0.3 is 5.97 Å². The fraction of sp³-hybridized carbons (Fsp3) is 0.333. The summed E-state index contributed by atoms with van der Waals surface area (Å²) in [5.74, 6) is -1.15. The molecule has 1 amide bonds. The number of ether oxygens (including phenoxy) is 1. The average molecular weight is 353 g/mol. The van der Waals surface area contributed by atoms with Crippen molar-refractivity contribution in [3.8, 4) is 0 Å². The molecule has 5 nitrogen and oxygen atoms in total. The van der Waals surface area contributed by atoms with Crippen LogP contribution in [0.4, 0.5) is 0 Å². The van der Waals surface area contributed by atoms with Crippen molar-refractivity contribution in [2.24, 2.45) is 0 Å². The van der Waals surface area contributed by atoms with E-state index < -0.39 is 12.0 Å². The molecule has 0 bridgehead atoms. The largest absolute Gasteiger partial charge is 0.481 e. The van der Waals surface area contributed by atoms with Crippen LogP contribution in [-0.2, 0) is 20.7 Å². The minimum absolute atomic E-state index is 0.154. The Morgan fingerprint density at radius 3 is 2.69 bits per heavy atom. The van der Waals surface area contributed by atoms with Crippen molar-refractivity contribution < 1.29 is 19.4 Å². The van der Waals surface area contributed by atoms with Gasteiger partial charge in [-0.15, -0.1) is 0 Å². The lowest BCUT2D eigenvalue weighted by Crippen LogP contribution is -2.32. The Kier molecular flexibility index (Phi) is 5.68. The van der Waals surface area contributed by atoms with Gasteiger partial charge in [0.15, 0.2) is 0 Å². The lowest BCUT2D eigenvalue weighted by atomic mass is 9.95. The minimum atomic E-state index is -0.946. The van der Waals surface area contributed by atoms with Crippen LogP contribution in [0.2, 0.25) is 0 Å². The van der Waals surface area contributed by atoms with Crippen LogP contribution in [-0.4, -0.2) is 23.6 Å². The summed E-state index contributed by atoms with van der Waals surface area (Å²) < 4.78 is 5.79. The van der Waals surface area contributed by atoms with Crippen molar-refractivity contribution in [1.82, 2.24) is 5.32 Å². The molecule has 0 radical (unpaired) electrons. The van der Waals surface area contributed by atoms with E-state index >= 15 is 0 Å². The van der Waals surface area contributed by atoms with Gasteiger partial charge in [-0.1, -0.05) is 48.5 Å². The van der Waals surface area contributed by atoms with Gasteiger partial charge in [0.2, 0.25) is 5.91 Å². The molecule has 0 spiro atoms. The van der Waals surface area contributed by atoms with Crippen LogP contribution in [0.3, 0.4) is 0 Å². The number of carbonyl (C=O) groups is 2. The number of rotatable bonds is 6. The second kappa shape index (κ2) is 8.15. The van der Waals surface area contributed by atoms with Gasteiger partial charge in [0.1, 0.15) is 0 Å². The zero-order valence-electron chi connectivity index (χ0n) is 14.8. The molecule has 136 valence electrons. The molecule has 3 rings (SSSR count). The number of hydrogen-bond acceptors (Lipinski definition) is 3. The van der Waals surface area contributed by atoms with Crippen LogP contribution in [0, 0.1) is 6.92 Å². The first-order valence-corrected chi connectivity index (χ1v) is 8.80. The molecule has 0 fully saturated rings. The number of carbonyl (C=O) groups excluding carboxylic acids is 1. The van der Waals surface area contributed by atoms with Crippen molar-refractivity contribution in [2.75, 3.05) is 6.61 Å².